The van der Waals surface area contributed by atoms with Crippen LogP contribution < -0.4 is 9.64 Å². The Labute approximate surface area is 125 Å². The van der Waals surface area contributed by atoms with Crippen LogP contribution in [-0.2, 0) is 9.59 Å². The number of benzene rings is 1. The molecular formula is C14H13N3O5. The molecule has 1 amide bonds. The lowest BCUT2D eigenvalue weighted by Gasteiger charge is -2.09. The predicted octanol–water partition coefficient (Wildman–Crippen LogP) is 1.18. The van der Waals surface area contributed by atoms with Gasteiger partial charge in [-0.15, -0.1) is 5.10 Å². The lowest BCUT2D eigenvalue weighted by Crippen LogP contribution is -2.26. The van der Waals surface area contributed by atoms with Crippen LogP contribution in [0.3, 0.4) is 0 Å². The molecule has 0 spiro atoms. The Hall–Kier alpha value is -2.90. The lowest BCUT2D eigenvalue weighted by atomic mass is 10.1. The fraction of sp³-hybridized carbons (Fsp3) is 0.286. The van der Waals surface area contributed by atoms with Gasteiger partial charge in [-0.3, -0.25) is 14.5 Å². The number of carbonyl (C=O) groups is 2. The molecule has 114 valence electrons. The summed E-state index contributed by atoms with van der Waals surface area (Å²) in [5, 5.41) is 16.7. The maximum atomic E-state index is 11.8. The molecule has 0 saturated carbocycles. The molecular weight excluding hydrogens is 290 g/mol. The normalized spacial score (nSPS) is 17.8. The highest BCUT2D eigenvalue weighted by molar-refractivity contribution is 5.97. The first-order valence-corrected chi connectivity index (χ1v) is 6.59. The lowest BCUT2D eigenvalue weighted by molar-refractivity contribution is -0.141. The molecule has 2 aromatic rings. The Morgan fingerprint density at radius 3 is 2.68 bits per heavy atom. The van der Waals surface area contributed by atoms with Gasteiger partial charge >= 0.3 is 12.0 Å². The van der Waals surface area contributed by atoms with Crippen LogP contribution >= 0.6 is 0 Å². The summed E-state index contributed by atoms with van der Waals surface area (Å²) in [6.45, 7) is 0.0401. The number of hydrogen-bond acceptors (Lipinski definition) is 6. The van der Waals surface area contributed by atoms with Crippen molar-refractivity contribution in [2.24, 2.45) is 5.92 Å². The Morgan fingerprint density at radius 2 is 2.09 bits per heavy atom. The van der Waals surface area contributed by atoms with Crippen LogP contribution in [0.2, 0.25) is 0 Å². The quantitative estimate of drug-likeness (QED) is 0.904. The molecule has 2 heterocycles. The maximum absolute atomic E-state index is 11.8. The van der Waals surface area contributed by atoms with Gasteiger partial charge in [0.15, 0.2) is 0 Å². The second-order valence-electron chi connectivity index (χ2n) is 4.86. The standard InChI is InChI=1S/C14H13N3O5/c1-21-10-4-2-8(3-5-10)12-15-16-14(22-12)17-7-9(13(19)20)6-11(17)18/h2-5,9H,6-7H2,1H3,(H,19,20). The Kier molecular flexibility index (Phi) is 3.50. The summed E-state index contributed by atoms with van der Waals surface area (Å²) in [6.07, 6.45) is -0.0599. The molecule has 1 aromatic carbocycles. The number of carboxylic acids is 1. The third kappa shape index (κ3) is 2.50. The minimum atomic E-state index is -1.01. The summed E-state index contributed by atoms with van der Waals surface area (Å²) in [7, 11) is 1.57. The van der Waals surface area contributed by atoms with Crippen molar-refractivity contribution in [1.29, 1.82) is 0 Å². The number of carboxylic acid groups (broad SMARTS) is 1. The van der Waals surface area contributed by atoms with Gasteiger partial charge in [-0.1, -0.05) is 5.10 Å². The van der Waals surface area contributed by atoms with Gasteiger partial charge in [-0.25, -0.2) is 0 Å². The molecule has 0 radical (unpaired) electrons. The first-order valence-electron chi connectivity index (χ1n) is 6.59. The molecule has 8 heteroatoms. The molecule has 1 N–H and O–H groups in total. The SMILES string of the molecule is COc1ccc(-c2nnc(N3CC(C(=O)O)CC3=O)o2)cc1. The number of aromatic nitrogens is 2. The first kappa shape index (κ1) is 14.1. The highest BCUT2D eigenvalue weighted by Crippen LogP contribution is 2.28. The average Bonchev–Trinajstić information content (AvgIpc) is 3.14. The Morgan fingerprint density at radius 1 is 1.36 bits per heavy atom. The second kappa shape index (κ2) is 5.47. The van der Waals surface area contributed by atoms with Crippen LogP contribution in [0.1, 0.15) is 6.42 Å². The van der Waals surface area contributed by atoms with Gasteiger partial charge < -0.3 is 14.3 Å². The smallest absolute Gasteiger partial charge is 0.325 e. The second-order valence-corrected chi connectivity index (χ2v) is 4.86. The minimum Gasteiger partial charge on any atom is -0.497 e. The summed E-state index contributed by atoms with van der Waals surface area (Å²) in [5.41, 5.74) is 0.681. The largest absolute Gasteiger partial charge is 0.497 e. The Bertz CT molecular complexity index is 710. The van der Waals surface area contributed by atoms with Crippen LogP contribution in [0.15, 0.2) is 28.7 Å². The van der Waals surface area contributed by atoms with Crippen molar-refractivity contribution in [2.75, 3.05) is 18.6 Å². The van der Waals surface area contributed by atoms with Crippen molar-refractivity contribution in [3.8, 4) is 17.2 Å². The number of carbonyl (C=O) groups excluding carboxylic acids is 1. The van der Waals surface area contributed by atoms with Gasteiger partial charge in [0.2, 0.25) is 11.8 Å². The maximum Gasteiger partial charge on any atom is 0.325 e. The van der Waals surface area contributed by atoms with Crippen LogP contribution in [0, 0.1) is 5.92 Å². The van der Waals surface area contributed by atoms with E-state index in [4.69, 9.17) is 14.3 Å². The summed E-state index contributed by atoms with van der Waals surface area (Å²) < 4.78 is 10.5. The van der Waals surface area contributed by atoms with Crippen LogP contribution in [-0.4, -0.2) is 40.8 Å². The molecule has 1 saturated heterocycles. The van der Waals surface area contributed by atoms with Crippen molar-refractivity contribution < 1.29 is 23.8 Å². The summed E-state index contributed by atoms with van der Waals surface area (Å²) in [4.78, 5) is 24.0. The molecule has 0 bridgehead atoms. The topological polar surface area (TPSA) is 106 Å². The molecule has 3 rings (SSSR count). The fourth-order valence-corrected chi connectivity index (χ4v) is 2.23. The number of anilines is 1. The van der Waals surface area contributed by atoms with E-state index < -0.39 is 11.9 Å². The number of nitrogens with zero attached hydrogens (tertiary/aromatic N) is 3. The van der Waals surface area contributed by atoms with E-state index >= 15 is 0 Å². The fourth-order valence-electron chi connectivity index (χ4n) is 2.23. The van der Waals surface area contributed by atoms with E-state index in [2.05, 4.69) is 10.2 Å². The van der Waals surface area contributed by atoms with Crippen molar-refractivity contribution in [3.63, 3.8) is 0 Å². The highest BCUT2D eigenvalue weighted by Gasteiger charge is 2.37. The van der Waals surface area contributed by atoms with Crippen molar-refractivity contribution in [1.82, 2.24) is 10.2 Å². The number of ether oxygens (including phenoxy) is 1. The summed E-state index contributed by atoms with van der Waals surface area (Å²) in [5.74, 6) is -1.14. The zero-order valence-corrected chi connectivity index (χ0v) is 11.7. The number of hydrogen-bond donors (Lipinski definition) is 1. The van der Waals surface area contributed by atoms with E-state index in [0.717, 1.165) is 0 Å². The van der Waals surface area contributed by atoms with Gasteiger partial charge in [0.25, 0.3) is 0 Å². The molecule has 22 heavy (non-hydrogen) atoms. The zero-order chi connectivity index (χ0) is 15.7. The molecule has 1 aromatic heterocycles. The van der Waals surface area contributed by atoms with Crippen LogP contribution in [0.25, 0.3) is 11.5 Å². The highest BCUT2D eigenvalue weighted by atomic mass is 16.5. The minimum absolute atomic E-state index is 0.0135. The van der Waals surface area contributed by atoms with Crippen molar-refractivity contribution in [2.45, 2.75) is 6.42 Å². The van der Waals surface area contributed by atoms with E-state index in [1.54, 1.807) is 31.4 Å². The number of aliphatic carboxylic acids is 1. The van der Waals surface area contributed by atoms with Gasteiger partial charge in [-0.2, -0.15) is 0 Å². The zero-order valence-electron chi connectivity index (χ0n) is 11.7. The third-order valence-electron chi connectivity index (χ3n) is 3.46. The third-order valence-corrected chi connectivity index (χ3v) is 3.46. The summed E-state index contributed by atoms with van der Waals surface area (Å²) in [6, 6.07) is 7.02. The molecule has 1 fully saturated rings. The molecule has 1 aliphatic heterocycles. The first-order chi connectivity index (χ1) is 10.6. The van der Waals surface area contributed by atoms with Crippen molar-refractivity contribution >= 4 is 17.9 Å². The van der Waals surface area contributed by atoms with Gasteiger partial charge in [0.1, 0.15) is 5.75 Å². The van der Waals surface area contributed by atoms with E-state index in [-0.39, 0.29) is 30.8 Å². The molecule has 1 unspecified atom stereocenters. The molecule has 1 atom stereocenters. The number of rotatable bonds is 4. The summed E-state index contributed by atoms with van der Waals surface area (Å²) >= 11 is 0. The van der Waals surface area contributed by atoms with Crippen molar-refractivity contribution in [3.05, 3.63) is 24.3 Å². The predicted molar refractivity (Wildman–Crippen MR) is 74.4 cm³/mol. The Balaban J connectivity index is 1.81. The average molecular weight is 303 g/mol. The number of methoxy groups -OCH3 is 1. The van der Waals surface area contributed by atoms with E-state index in [1.807, 2.05) is 0 Å². The van der Waals surface area contributed by atoms with E-state index in [1.165, 1.54) is 4.90 Å². The van der Waals surface area contributed by atoms with Gasteiger partial charge in [0, 0.05) is 18.5 Å². The molecule has 0 aliphatic carbocycles. The molecule has 8 nitrogen and oxygen atoms in total. The van der Waals surface area contributed by atoms with Gasteiger partial charge in [-0.05, 0) is 24.3 Å². The van der Waals surface area contributed by atoms with Gasteiger partial charge in [0.05, 0.1) is 13.0 Å². The number of amides is 1. The molecule has 1 aliphatic rings. The monoisotopic (exact) mass is 303 g/mol. The van der Waals surface area contributed by atoms with Crippen LogP contribution in [0.4, 0.5) is 6.01 Å². The van der Waals surface area contributed by atoms with Crippen LogP contribution in [0.5, 0.6) is 5.75 Å². The van der Waals surface area contributed by atoms with E-state index in [9.17, 15) is 9.59 Å². The van der Waals surface area contributed by atoms with E-state index in [0.29, 0.717) is 11.3 Å².